The number of hydrogen-bond donors (Lipinski definition) is 2. The largest absolute Gasteiger partial charge is 0.385 e. The summed E-state index contributed by atoms with van der Waals surface area (Å²) >= 11 is 0. The van der Waals surface area contributed by atoms with Crippen molar-refractivity contribution in [2.24, 2.45) is 11.7 Å². The Morgan fingerprint density at radius 2 is 2.06 bits per heavy atom. The van der Waals surface area contributed by atoms with Gasteiger partial charge in [-0.1, -0.05) is 13.8 Å². The Labute approximate surface area is 105 Å². The van der Waals surface area contributed by atoms with E-state index in [4.69, 9.17) is 10.5 Å². The van der Waals surface area contributed by atoms with Crippen LogP contribution in [0.2, 0.25) is 0 Å². The number of hydrogen-bond acceptors (Lipinski definition) is 3. The zero-order valence-electron chi connectivity index (χ0n) is 10.5. The summed E-state index contributed by atoms with van der Waals surface area (Å²) < 4.78 is 4.88. The fourth-order valence-corrected chi connectivity index (χ4v) is 1.46. The van der Waals surface area contributed by atoms with Gasteiger partial charge in [-0.15, -0.1) is 12.4 Å². The normalized spacial score (nSPS) is 12.1. The smallest absolute Gasteiger partial charge is 0.220 e. The molecule has 0 fully saturated rings. The average Bonchev–Trinajstić information content (AvgIpc) is 2.16. The molecule has 0 saturated carbocycles. The standard InChI is InChI=1S/C11H24N2O2.ClH/c1-9(2)7-10(8-12)13-11(14)5-4-6-15-3;/h9-10H,4-8,12H2,1-3H3,(H,13,14);1H. The minimum atomic E-state index is 0. The van der Waals surface area contributed by atoms with E-state index in [1.807, 2.05) is 0 Å². The summed E-state index contributed by atoms with van der Waals surface area (Å²) in [6, 6.07) is 0.111. The molecular weight excluding hydrogens is 228 g/mol. The Balaban J connectivity index is 0. The maximum Gasteiger partial charge on any atom is 0.220 e. The van der Waals surface area contributed by atoms with E-state index in [-0.39, 0.29) is 24.4 Å². The highest BCUT2D eigenvalue weighted by Crippen LogP contribution is 2.04. The first-order chi connectivity index (χ1) is 7.10. The quantitative estimate of drug-likeness (QED) is 0.641. The topological polar surface area (TPSA) is 64.3 Å². The second kappa shape index (κ2) is 11.2. The summed E-state index contributed by atoms with van der Waals surface area (Å²) in [4.78, 5) is 11.4. The summed E-state index contributed by atoms with van der Waals surface area (Å²) in [7, 11) is 1.64. The summed E-state index contributed by atoms with van der Waals surface area (Å²) in [6.45, 7) is 5.39. The van der Waals surface area contributed by atoms with Crippen LogP contribution in [0.3, 0.4) is 0 Å². The van der Waals surface area contributed by atoms with Crippen LogP contribution in [0.5, 0.6) is 0 Å². The third-order valence-corrected chi connectivity index (χ3v) is 2.16. The Morgan fingerprint density at radius 3 is 2.50 bits per heavy atom. The third kappa shape index (κ3) is 10.2. The van der Waals surface area contributed by atoms with Crippen LogP contribution in [-0.2, 0) is 9.53 Å². The van der Waals surface area contributed by atoms with Crippen LogP contribution in [0.4, 0.5) is 0 Å². The molecule has 0 bridgehead atoms. The molecule has 0 aromatic heterocycles. The molecular formula is C11H25ClN2O2. The highest BCUT2D eigenvalue weighted by Gasteiger charge is 2.11. The molecule has 0 rings (SSSR count). The van der Waals surface area contributed by atoms with Crippen molar-refractivity contribution in [1.82, 2.24) is 5.32 Å². The molecule has 0 radical (unpaired) electrons. The fourth-order valence-electron chi connectivity index (χ4n) is 1.46. The number of ether oxygens (including phenoxy) is 1. The summed E-state index contributed by atoms with van der Waals surface area (Å²) in [5.41, 5.74) is 5.58. The molecule has 1 unspecified atom stereocenters. The van der Waals surface area contributed by atoms with Gasteiger partial charge in [0.15, 0.2) is 0 Å². The lowest BCUT2D eigenvalue weighted by Crippen LogP contribution is -2.41. The van der Waals surface area contributed by atoms with E-state index in [0.717, 1.165) is 12.8 Å². The first-order valence-corrected chi connectivity index (χ1v) is 5.58. The van der Waals surface area contributed by atoms with Gasteiger partial charge in [-0.2, -0.15) is 0 Å². The number of carbonyl (C=O) groups excluding carboxylic acids is 1. The summed E-state index contributed by atoms with van der Waals surface area (Å²) in [5, 5.41) is 2.94. The molecule has 0 aliphatic carbocycles. The molecule has 0 saturated heterocycles. The van der Waals surface area contributed by atoms with E-state index in [1.54, 1.807) is 7.11 Å². The molecule has 0 spiro atoms. The van der Waals surface area contributed by atoms with E-state index < -0.39 is 0 Å². The van der Waals surface area contributed by atoms with Gasteiger partial charge in [0.1, 0.15) is 0 Å². The van der Waals surface area contributed by atoms with E-state index in [0.29, 0.717) is 25.5 Å². The second-order valence-corrected chi connectivity index (χ2v) is 4.23. The van der Waals surface area contributed by atoms with Crippen LogP contribution in [0, 0.1) is 5.92 Å². The molecule has 0 aliphatic rings. The maximum absolute atomic E-state index is 11.4. The van der Waals surface area contributed by atoms with Crippen molar-refractivity contribution in [2.75, 3.05) is 20.3 Å². The van der Waals surface area contributed by atoms with Gasteiger partial charge in [-0.3, -0.25) is 4.79 Å². The molecule has 4 nitrogen and oxygen atoms in total. The van der Waals surface area contributed by atoms with Gasteiger partial charge in [-0.05, 0) is 18.8 Å². The number of nitrogens with one attached hydrogen (secondary N) is 1. The van der Waals surface area contributed by atoms with Crippen molar-refractivity contribution >= 4 is 18.3 Å². The number of nitrogens with two attached hydrogens (primary N) is 1. The summed E-state index contributed by atoms with van der Waals surface area (Å²) in [6.07, 6.45) is 2.22. The zero-order valence-corrected chi connectivity index (χ0v) is 11.3. The molecule has 1 amide bonds. The molecule has 1 atom stereocenters. The van der Waals surface area contributed by atoms with Gasteiger partial charge in [0.2, 0.25) is 5.91 Å². The first kappa shape index (κ1) is 18.1. The number of carbonyl (C=O) groups is 1. The lowest BCUT2D eigenvalue weighted by Gasteiger charge is -2.18. The monoisotopic (exact) mass is 252 g/mol. The predicted octanol–water partition coefficient (Wildman–Crippen LogP) is 1.32. The number of rotatable bonds is 8. The van der Waals surface area contributed by atoms with Crippen LogP contribution in [0.1, 0.15) is 33.1 Å². The van der Waals surface area contributed by atoms with Crippen molar-refractivity contribution in [2.45, 2.75) is 39.2 Å². The van der Waals surface area contributed by atoms with Crippen LogP contribution in [0.15, 0.2) is 0 Å². The van der Waals surface area contributed by atoms with Crippen molar-refractivity contribution in [3.8, 4) is 0 Å². The molecule has 0 aromatic carbocycles. The van der Waals surface area contributed by atoms with Crippen LogP contribution in [-0.4, -0.2) is 32.2 Å². The van der Waals surface area contributed by atoms with Crippen molar-refractivity contribution in [3.05, 3.63) is 0 Å². The molecule has 5 heteroatoms. The van der Waals surface area contributed by atoms with Crippen LogP contribution >= 0.6 is 12.4 Å². The number of methoxy groups -OCH3 is 1. The van der Waals surface area contributed by atoms with Gasteiger partial charge >= 0.3 is 0 Å². The minimum absolute atomic E-state index is 0. The van der Waals surface area contributed by atoms with E-state index >= 15 is 0 Å². The summed E-state index contributed by atoms with van der Waals surface area (Å²) in [5.74, 6) is 0.626. The van der Waals surface area contributed by atoms with E-state index in [1.165, 1.54) is 0 Å². The lowest BCUT2D eigenvalue weighted by molar-refractivity contribution is -0.122. The Kier molecular flexibility index (Phi) is 12.6. The van der Waals surface area contributed by atoms with Crippen molar-refractivity contribution in [3.63, 3.8) is 0 Å². The molecule has 3 N–H and O–H groups in total. The molecule has 0 heterocycles. The second-order valence-electron chi connectivity index (χ2n) is 4.23. The number of halogens is 1. The van der Waals surface area contributed by atoms with Crippen LogP contribution in [0.25, 0.3) is 0 Å². The van der Waals surface area contributed by atoms with Gasteiger partial charge in [0.25, 0.3) is 0 Å². The Morgan fingerprint density at radius 1 is 1.44 bits per heavy atom. The maximum atomic E-state index is 11.4. The van der Waals surface area contributed by atoms with Crippen molar-refractivity contribution in [1.29, 1.82) is 0 Å². The van der Waals surface area contributed by atoms with E-state index in [2.05, 4.69) is 19.2 Å². The van der Waals surface area contributed by atoms with Crippen LogP contribution < -0.4 is 11.1 Å². The van der Waals surface area contributed by atoms with E-state index in [9.17, 15) is 4.79 Å². The average molecular weight is 253 g/mol. The first-order valence-electron chi connectivity index (χ1n) is 5.58. The van der Waals surface area contributed by atoms with Gasteiger partial charge in [0.05, 0.1) is 0 Å². The number of amides is 1. The van der Waals surface area contributed by atoms with Gasteiger partial charge in [-0.25, -0.2) is 0 Å². The van der Waals surface area contributed by atoms with Gasteiger partial charge in [0, 0.05) is 32.7 Å². The molecule has 0 aromatic rings. The molecule has 16 heavy (non-hydrogen) atoms. The Bertz CT molecular complexity index is 177. The molecule has 98 valence electrons. The minimum Gasteiger partial charge on any atom is -0.385 e. The molecule has 0 aliphatic heterocycles. The predicted molar refractivity (Wildman–Crippen MR) is 68.8 cm³/mol. The third-order valence-electron chi connectivity index (χ3n) is 2.16. The van der Waals surface area contributed by atoms with Gasteiger partial charge < -0.3 is 15.8 Å². The highest BCUT2D eigenvalue weighted by atomic mass is 35.5. The fraction of sp³-hybridized carbons (Fsp3) is 0.909. The lowest BCUT2D eigenvalue weighted by atomic mass is 10.0. The Hall–Kier alpha value is -0.320. The van der Waals surface area contributed by atoms with Crippen molar-refractivity contribution < 1.29 is 9.53 Å². The SMILES string of the molecule is COCCCC(=O)NC(CN)CC(C)C.Cl. The zero-order chi connectivity index (χ0) is 11.7. The highest BCUT2D eigenvalue weighted by molar-refractivity contribution is 5.85.